The first kappa shape index (κ1) is 16.3. The Bertz CT molecular complexity index is 490. The summed E-state index contributed by atoms with van der Waals surface area (Å²) in [5, 5.41) is 0.163. The third kappa shape index (κ3) is 3.40. The van der Waals surface area contributed by atoms with Crippen LogP contribution < -0.4 is 0 Å². The van der Waals surface area contributed by atoms with Crippen LogP contribution in [0.4, 0.5) is 0 Å². The van der Waals surface area contributed by atoms with E-state index in [9.17, 15) is 4.79 Å². The van der Waals surface area contributed by atoms with Crippen LogP contribution in [0.25, 0.3) is 0 Å². The highest BCUT2D eigenvalue weighted by Crippen LogP contribution is 2.39. The summed E-state index contributed by atoms with van der Waals surface area (Å²) in [5.74, 6) is 0.985. The van der Waals surface area contributed by atoms with Gasteiger partial charge in [0.15, 0.2) is 8.32 Å². The average Bonchev–Trinajstić information content (AvgIpc) is 2.96. The molecule has 1 saturated heterocycles. The lowest BCUT2D eigenvalue weighted by molar-refractivity contribution is -0.129. The van der Waals surface area contributed by atoms with Gasteiger partial charge in [0.05, 0.1) is 24.8 Å². The Labute approximate surface area is 128 Å². The molecule has 21 heavy (non-hydrogen) atoms. The number of likely N-dealkylation sites (tertiary alicyclic amines) is 1. The predicted molar refractivity (Wildman–Crippen MR) is 85.5 cm³/mol. The maximum absolute atomic E-state index is 12.3. The summed E-state index contributed by atoms with van der Waals surface area (Å²) < 4.78 is 11.8. The van der Waals surface area contributed by atoms with E-state index < -0.39 is 8.32 Å². The van der Waals surface area contributed by atoms with Gasteiger partial charge in [-0.2, -0.15) is 0 Å². The summed E-state index contributed by atoms with van der Waals surface area (Å²) in [6.45, 7) is 13.8. The lowest BCUT2D eigenvalue weighted by Crippen LogP contribution is -2.44. The minimum atomic E-state index is -1.83. The van der Waals surface area contributed by atoms with E-state index in [0.717, 1.165) is 5.76 Å². The van der Waals surface area contributed by atoms with Crippen molar-refractivity contribution in [3.05, 3.63) is 24.2 Å². The normalized spacial score (nSPS) is 21.9. The van der Waals surface area contributed by atoms with Crippen molar-refractivity contribution < 1.29 is 13.6 Å². The molecule has 0 saturated carbocycles. The van der Waals surface area contributed by atoms with E-state index in [0.29, 0.717) is 13.0 Å². The van der Waals surface area contributed by atoms with Crippen LogP contribution in [-0.4, -0.2) is 31.8 Å². The Morgan fingerprint density at radius 2 is 2.10 bits per heavy atom. The Balaban J connectivity index is 2.03. The molecule has 1 aliphatic rings. The van der Waals surface area contributed by atoms with E-state index in [1.165, 1.54) is 0 Å². The molecule has 1 aromatic heterocycles. The van der Waals surface area contributed by atoms with Gasteiger partial charge in [0, 0.05) is 6.54 Å². The number of hydrogen-bond acceptors (Lipinski definition) is 3. The molecule has 0 aliphatic carbocycles. The van der Waals surface area contributed by atoms with E-state index in [4.69, 9.17) is 8.84 Å². The number of carbonyl (C=O) groups is 1. The largest absolute Gasteiger partial charge is 0.467 e. The topological polar surface area (TPSA) is 42.7 Å². The van der Waals surface area contributed by atoms with E-state index in [1.54, 1.807) is 6.26 Å². The number of amides is 1. The molecule has 2 rings (SSSR count). The van der Waals surface area contributed by atoms with Crippen molar-refractivity contribution in [1.82, 2.24) is 4.90 Å². The number of hydrogen-bond donors (Lipinski definition) is 0. The monoisotopic (exact) mass is 309 g/mol. The van der Waals surface area contributed by atoms with E-state index in [1.807, 2.05) is 24.0 Å². The molecular weight excluding hydrogens is 282 g/mol. The Morgan fingerprint density at radius 3 is 2.62 bits per heavy atom. The molecular formula is C16H27NO3Si. The van der Waals surface area contributed by atoms with Crippen LogP contribution in [0.3, 0.4) is 0 Å². The van der Waals surface area contributed by atoms with Crippen LogP contribution in [0.5, 0.6) is 0 Å². The molecule has 1 amide bonds. The molecule has 0 unspecified atom stereocenters. The second-order valence-electron chi connectivity index (χ2n) is 7.44. The highest BCUT2D eigenvalue weighted by molar-refractivity contribution is 6.74. The van der Waals surface area contributed by atoms with Crippen molar-refractivity contribution in [3.63, 3.8) is 0 Å². The van der Waals surface area contributed by atoms with E-state index in [-0.39, 0.29) is 23.1 Å². The van der Waals surface area contributed by atoms with Crippen LogP contribution in [-0.2, 0) is 9.22 Å². The van der Waals surface area contributed by atoms with Crippen LogP contribution in [0, 0.1) is 0 Å². The summed E-state index contributed by atoms with van der Waals surface area (Å²) in [6, 6.07) is 3.75. The summed E-state index contributed by atoms with van der Waals surface area (Å²) in [5.41, 5.74) is 0. The van der Waals surface area contributed by atoms with Crippen LogP contribution in [0.1, 0.15) is 45.9 Å². The highest BCUT2D eigenvalue weighted by atomic mass is 28.4. The van der Waals surface area contributed by atoms with Gasteiger partial charge in [-0.25, -0.2) is 0 Å². The smallest absolute Gasteiger partial charge is 0.225 e. The first-order valence-corrected chi connectivity index (χ1v) is 10.5. The fourth-order valence-electron chi connectivity index (χ4n) is 2.43. The third-order valence-corrected chi connectivity index (χ3v) is 9.35. The van der Waals surface area contributed by atoms with E-state index >= 15 is 0 Å². The molecule has 1 fully saturated rings. The zero-order valence-electron chi connectivity index (χ0n) is 14.0. The maximum Gasteiger partial charge on any atom is 0.225 e. The standard InChI is InChI=1S/C16H27NO3Si/c1-12(14-8-7-9-19-14)17-11-13(10-15(17)18)20-21(5,6)16(2,3)4/h7-9,12-13H,10-11H2,1-6H3/t12-,13+/m1/s1. The molecule has 4 nitrogen and oxygen atoms in total. The molecule has 5 heteroatoms. The molecule has 0 radical (unpaired) electrons. The fourth-order valence-corrected chi connectivity index (χ4v) is 3.77. The lowest BCUT2D eigenvalue weighted by Gasteiger charge is -2.38. The number of rotatable bonds is 4. The molecule has 2 heterocycles. The van der Waals surface area contributed by atoms with Crippen molar-refractivity contribution in [2.24, 2.45) is 0 Å². The molecule has 0 spiro atoms. The first-order valence-electron chi connectivity index (χ1n) is 7.62. The zero-order valence-corrected chi connectivity index (χ0v) is 15.0. The van der Waals surface area contributed by atoms with Crippen molar-refractivity contribution in [3.8, 4) is 0 Å². The summed E-state index contributed by atoms with van der Waals surface area (Å²) >= 11 is 0. The van der Waals surface area contributed by atoms with Crippen molar-refractivity contribution in [2.75, 3.05) is 6.54 Å². The van der Waals surface area contributed by atoms with Gasteiger partial charge < -0.3 is 13.7 Å². The molecule has 118 valence electrons. The fraction of sp³-hybridized carbons (Fsp3) is 0.688. The number of nitrogens with zero attached hydrogens (tertiary/aromatic N) is 1. The average molecular weight is 309 g/mol. The molecule has 1 aromatic rings. The quantitative estimate of drug-likeness (QED) is 0.791. The van der Waals surface area contributed by atoms with Crippen molar-refractivity contribution >= 4 is 14.2 Å². The SMILES string of the molecule is C[C@H](c1ccco1)N1C[C@@H](O[Si](C)(C)C(C)(C)C)CC1=O. The zero-order chi connectivity index (χ0) is 15.8. The minimum absolute atomic E-state index is 0.0100. The van der Waals surface area contributed by atoms with Crippen LogP contribution >= 0.6 is 0 Å². The molecule has 0 N–H and O–H groups in total. The van der Waals surface area contributed by atoms with Gasteiger partial charge >= 0.3 is 0 Å². The predicted octanol–water partition coefficient (Wildman–Crippen LogP) is 3.96. The molecule has 1 aliphatic heterocycles. The van der Waals surface area contributed by atoms with Gasteiger partial charge in [0.25, 0.3) is 0 Å². The maximum atomic E-state index is 12.3. The molecule has 0 aromatic carbocycles. The van der Waals surface area contributed by atoms with Crippen LogP contribution in [0.15, 0.2) is 22.8 Å². The number of furan rings is 1. The van der Waals surface area contributed by atoms with Gasteiger partial charge in [-0.1, -0.05) is 20.8 Å². The second-order valence-corrected chi connectivity index (χ2v) is 12.2. The molecule has 0 bridgehead atoms. The van der Waals surface area contributed by atoms with Gasteiger partial charge in [-0.15, -0.1) is 0 Å². The van der Waals surface area contributed by atoms with Crippen LogP contribution in [0.2, 0.25) is 18.1 Å². The molecule has 2 atom stereocenters. The minimum Gasteiger partial charge on any atom is -0.467 e. The summed E-state index contributed by atoms with van der Waals surface area (Å²) in [6.07, 6.45) is 2.14. The van der Waals surface area contributed by atoms with Crippen molar-refractivity contribution in [2.45, 2.75) is 64.4 Å². The Kier molecular flexibility index (Phi) is 4.35. The van der Waals surface area contributed by atoms with E-state index in [2.05, 4.69) is 33.9 Å². The lowest BCUT2D eigenvalue weighted by atomic mass is 10.2. The van der Waals surface area contributed by atoms with Gasteiger partial charge in [0.1, 0.15) is 5.76 Å². The Morgan fingerprint density at radius 1 is 1.43 bits per heavy atom. The van der Waals surface area contributed by atoms with Gasteiger partial charge in [0.2, 0.25) is 5.91 Å². The summed E-state index contributed by atoms with van der Waals surface area (Å²) in [4.78, 5) is 14.1. The van der Waals surface area contributed by atoms with Gasteiger partial charge in [-0.3, -0.25) is 4.79 Å². The van der Waals surface area contributed by atoms with Gasteiger partial charge in [-0.05, 0) is 37.2 Å². The second kappa shape index (κ2) is 5.61. The summed E-state index contributed by atoms with van der Waals surface area (Å²) in [7, 11) is -1.83. The van der Waals surface area contributed by atoms with Crippen molar-refractivity contribution in [1.29, 1.82) is 0 Å². The number of carbonyl (C=O) groups excluding carboxylic acids is 1. The highest BCUT2D eigenvalue weighted by Gasteiger charge is 2.43. The third-order valence-electron chi connectivity index (χ3n) is 4.81. The Hall–Kier alpha value is -1.07. The first-order chi connectivity index (χ1) is 9.62.